The molecule has 3 rings (SSSR count). The van der Waals surface area contributed by atoms with Gasteiger partial charge in [-0.1, -0.05) is 0 Å². The molecule has 4 nitrogen and oxygen atoms in total. The van der Waals surface area contributed by atoms with Crippen molar-refractivity contribution < 1.29 is 9.13 Å². The van der Waals surface area contributed by atoms with Crippen LogP contribution >= 0.6 is 0 Å². The molecule has 0 amide bonds. The molecule has 1 N–H and O–H groups in total. The lowest BCUT2D eigenvalue weighted by molar-refractivity contribution is 0.120. The highest BCUT2D eigenvalue weighted by atomic mass is 19.1. The third kappa shape index (κ3) is 3.11. The minimum Gasteiger partial charge on any atom is -0.376 e. The summed E-state index contributed by atoms with van der Waals surface area (Å²) in [6.45, 7) is 1.60. The lowest BCUT2D eigenvalue weighted by Gasteiger charge is -2.10. The molecule has 20 heavy (non-hydrogen) atoms. The quantitative estimate of drug-likeness (QED) is 0.930. The van der Waals surface area contributed by atoms with Gasteiger partial charge in [0, 0.05) is 18.7 Å². The van der Waals surface area contributed by atoms with Gasteiger partial charge in [-0.2, -0.15) is 0 Å². The molecule has 0 bridgehead atoms. The lowest BCUT2D eigenvalue weighted by Crippen LogP contribution is -2.19. The molecule has 2 aromatic rings. The Morgan fingerprint density at radius 3 is 2.65 bits per heavy atom. The van der Waals surface area contributed by atoms with Crippen molar-refractivity contribution in [2.24, 2.45) is 0 Å². The van der Waals surface area contributed by atoms with Crippen LogP contribution in [0.15, 0.2) is 36.4 Å². The second-order valence-corrected chi connectivity index (χ2v) is 4.83. The van der Waals surface area contributed by atoms with Gasteiger partial charge in [-0.3, -0.25) is 0 Å². The fourth-order valence-corrected chi connectivity index (χ4v) is 2.22. The van der Waals surface area contributed by atoms with E-state index in [1.165, 1.54) is 12.1 Å². The zero-order valence-electron chi connectivity index (χ0n) is 11.1. The highest BCUT2D eigenvalue weighted by molar-refractivity contribution is 5.59. The monoisotopic (exact) mass is 273 g/mol. The molecule has 1 aromatic carbocycles. The van der Waals surface area contributed by atoms with Crippen molar-refractivity contribution in [2.75, 3.05) is 18.5 Å². The topological polar surface area (TPSA) is 47.0 Å². The van der Waals surface area contributed by atoms with Gasteiger partial charge in [0.05, 0.1) is 11.8 Å². The van der Waals surface area contributed by atoms with Crippen molar-refractivity contribution in [3.63, 3.8) is 0 Å². The van der Waals surface area contributed by atoms with E-state index in [2.05, 4.69) is 15.5 Å². The van der Waals surface area contributed by atoms with E-state index in [9.17, 15) is 4.39 Å². The molecule has 2 heterocycles. The summed E-state index contributed by atoms with van der Waals surface area (Å²) >= 11 is 0. The Bertz CT molecular complexity index is 550. The number of aromatic nitrogens is 2. The summed E-state index contributed by atoms with van der Waals surface area (Å²) < 4.78 is 18.4. The number of hydrogen-bond donors (Lipinski definition) is 1. The van der Waals surface area contributed by atoms with Crippen LogP contribution in [0.3, 0.4) is 0 Å². The Morgan fingerprint density at radius 2 is 2.00 bits per heavy atom. The fraction of sp³-hybridized carbons (Fsp3) is 0.333. The van der Waals surface area contributed by atoms with Crippen molar-refractivity contribution in [3.05, 3.63) is 42.2 Å². The van der Waals surface area contributed by atoms with Gasteiger partial charge < -0.3 is 10.1 Å². The Balaban J connectivity index is 1.63. The van der Waals surface area contributed by atoms with Crippen LogP contribution in [-0.2, 0) is 4.74 Å². The van der Waals surface area contributed by atoms with Crippen molar-refractivity contribution >= 4 is 5.82 Å². The van der Waals surface area contributed by atoms with Gasteiger partial charge in [0.1, 0.15) is 11.6 Å². The maximum atomic E-state index is 12.9. The van der Waals surface area contributed by atoms with E-state index in [4.69, 9.17) is 4.74 Å². The van der Waals surface area contributed by atoms with E-state index in [-0.39, 0.29) is 11.9 Å². The highest BCUT2D eigenvalue weighted by Crippen LogP contribution is 2.18. The molecule has 5 heteroatoms. The standard InChI is InChI=1S/C15H16FN3O/c16-12-5-3-11(4-6-12)14-7-8-15(19-18-14)17-10-13-2-1-9-20-13/h3-8,13H,1-2,9-10H2,(H,17,19)/t13-/m0/s1. The van der Waals surface area contributed by atoms with Crippen molar-refractivity contribution in [1.29, 1.82) is 0 Å². The minimum atomic E-state index is -0.253. The van der Waals surface area contributed by atoms with Gasteiger partial charge in [-0.15, -0.1) is 10.2 Å². The highest BCUT2D eigenvalue weighted by Gasteiger charge is 2.15. The van der Waals surface area contributed by atoms with Gasteiger partial charge in [0.2, 0.25) is 0 Å². The average molecular weight is 273 g/mol. The van der Waals surface area contributed by atoms with Crippen LogP contribution < -0.4 is 5.32 Å². The largest absolute Gasteiger partial charge is 0.376 e. The number of nitrogens with zero attached hydrogens (tertiary/aromatic N) is 2. The number of anilines is 1. The van der Waals surface area contributed by atoms with Crippen LogP contribution in [0.2, 0.25) is 0 Å². The van der Waals surface area contributed by atoms with E-state index in [1.54, 1.807) is 12.1 Å². The molecule has 1 atom stereocenters. The summed E-state index contributed by atoms with van der Waals surface area (Å²) in [5.74, 6) is 0.475. The van der Waals surface area contributed by atoms with Crippen molar-refractivity contribution in [3.8, 4) is 11.3 Å². The molecule has 0 radical (unpaired) electrons. The minimum absolute atomic E-state index is 0.253. The Morgan fingerprint density at radius 1 is 1.15 bits per heavy atom. The Hall–Kier alpha value is -2.01. The van der Waals surface area contributed by atoms with Crippen LogP contribution in [0.25, 0.3) is 11.3 Å². The number of benzene rings is 1. The third-order valence-electron chi connectivity index (χ3n) is 3.34. The Labute approximate surface area is 117 Å². The number of halogens is 1. The molecule has 1 fully saturated rings. The maximum absolute atomic E-state index is 12.9. The maximum Gasteiger partial charge on any atom is 0.148 e. The molecule has 0 saturated carbocycles. The second kappa shape index (κ2) is 5.96. The first kappa shape index (κ1) is 13.0. The van der Waals surface area contributed by atoms with E-state index < -0.39 is 0 Å². The van der Waals surface area contributed by atoms with Crippen molar-refractivity contribution in [1.82, 2.24) is 10.2 Å². The first-order valence-electron chi connectivity index (χ1n) is 6.76. The average Bonchev–Trinajstić information content (AvgIpc) is 3.00. The van der Waals surface area contributed by atoms with Gasteiger partial charge in [-0.25, -0.2) is 4.39 Å². The zero-order valence-corrected chi connectivity index (χ0v) is 11.1. The van der Waals surface area contributed by atoms with Gasteiger partial charge in [0.25, 0.3) is 0 Å². The molecule has 0 spiro atoms. The summed E-state index contributed by atoms with van der Waals surface area (Å²) in [6.07, 6.45) is 2.49. The molecule has 0 aliphatic carbocycles. The summed E-state index contributed by atoms with van der Waals surface area (Å²) in [6, 6.07) is 9.97. The van der Waals surface area contributed by atoms with E-state index >= 15 is 0 Å². The summed E-state index contributed by atoms with van der Waals surface area (Å²) in [4.78, 5) is 0. The van der Waals surface area contributed by atoms with Gasteiger partial charge in [0.15, 0.2) is 0 Å². The number of rotatable bonds is 4. The predicted molar refractivity (Wildman–Crippen MR) is 74.9 cm³/mol. The van der Waals surface area contributed by atoms with Gasteiger partial charge in [-0.05, 0) is 49.2 Å². The normalized spacial score (nSPS) is 18.1. The van der Waals surface area contributed by atoms with Crippen LogP contribution in [0.4, 0.5) is 10.2 Å². The molecule has 104 valence electrons. The van der Waals surface area contributed by atoms with E-state index in [0.29, 0.717) is 0 Å². The van der Waals surface area contributed by atoms with E-state index in [0.717, 1.165) is 43.1 Å². The molecule has 1 aliphatic rings. The second-order valence-electron chi connectivity index (χ2n) is 4.83. The molecule has 1 aromatic heterocycles. The number of nitrogens with one attached hydrogen (secondary N) is 1. The predicted octanol–water partition coefficient (Wildman–Crippen LogP) is 2.87. The van der Waals surface area contributed by atoms with Gasteiger partial charge >= 0.3 is 0 Å². The summed E-state index contributed by atoms with van der Waals surface area (Å²) in [5.41, 5.74) is 1.58. The van der Waals surface area contributed by atoms with E-state index in [1.807, 2.05) is 12.1 Å². The molecule has 1 saturated heterocycles. The first-order valence-corrected chi connectivity index (χ1v) is 6.76. The van der Waals surface area contributed by atoms with Crippen LogP contribution in [-0.4, -0.2) is 29.5 Å². The lowest BCUT2D eigenvalue weighted by atomic mass is 10.1. The SMILES string of the molecule is Fc1ccc(-c2ccc(NC[C@@H]3CCCO3)nn2)cc1. The Kier molecular flexibility index (Phi) is 3.87. The van der Waals surface area contributed by atoms with Crippen molar-refractivity contribution in [2.45, 2.75) is 18.9 Å². The van der Waals surface area contributed by atoms with Crippen LogP contribution in [0.1, 0.15) is 12.8 Å². The van der Waals surface area contributed by atoms with Crippen LogP contribution in [0.5, 0.6) is 0 Å². The fourth-order valence-electron chi connectivity index (χ4n) is 2.22. The molecule has 1 aliphatic heterocycles. The zero-order chi connectivity index (χ0) is 13.8. The number of hydrogen-bond acceptors (Lipinski definition) is 4. The smallest absolute Gasteiger partial charge is 0.148 e. The number of ether oxygens (including phenoxy) is 1. The third-order valence-corrected chi connectivity index (χ3v) is 3.34. The molecular formula is C15H16FN3O. The summed E-state index contributed by atoms with van der Waals surface area (Å²) in [7, 11) is 0. The summed E-state index contributed by atoms with van der Waals surface area (Å²) in [5, 5.41) is 11.5. The first-order chi connectivity index (χ1) is 9.81. The molecular weight excluding hydrogens is 257 g/mol. The van der Waals surface area contributed by atoms with Crippen LogP contribution in [0, 0.1) is 5.82 Å². The molecule has 0 unspecified atom stereocenters.